The largest absolute Gasteiger partial charge is 0.341 e. The van der Waals surface area contributed by atoms with Gasteiger partial charge in [-0.25, -0.2) is 0 Å². The number of piperidine rings is 1. The van der Waals surface area contributed by atoms with E-state index in [1.807, 2.05) is 6.07 Å². The van der Waals surface area contributed by atoms with Crippen molar-refractivity contribution in [1.82, 2.24) is 5.32 Å². The zero-order valence-corrected chi connectivity index (χ0v) is 13.4. The van der Waals surface area contributed by atoms with Crippen molar-refractivity contribution in [3.8, 4) is 0 Å². The first kappa shape index (κ1) is 13.7. The van der Waals surface area contributed by atoms with Crippen molar-refractivity contribution >= 4 is 17.3 Å². The summed E-state index contributed by atoms with van der Waals surface area (Å²) >= 11 is 6.31. The van der Waals surface area contributed by atoms with Crippen LogP contribution in [0.5, 0.6) is 0 Å². The number of anilines is 1. The van der Waals surface area contributed by atoms with Crippen molar-refractivity contribution < 1.29 is 0 Å². The number of fused-ring (bicyclic) bond motifs is 2. The van der Waals surface area contributed by atoms with Crippen molar-refractivity contribution in [3.63, 3.8) is 0 Å². The maximum absolute atomic E-state index is 6.31. The Kier molecular flexibility index (Phi) is 3.09. The quantitative estimate of drug-likeness (QED) is 0.840. The van der Waals surface area contributed by atoms with E-state index in [9.17, 15) is 0 Å². The lowest BCUT2D eigenvalue weighted by atomic mass is 9.72. The molecule has 3 heteroatoms. The van der Waals surface area contributed by atoms with Gasteiger partial charge in [0, 0.05) is 27.9 Å². The molecule has 1 spiro atoms. The van der Waals surface area contributed by atoms with Crippen LogP contribution in [0.4, 0.5) is 5.69 Å². The van der Waals surface area contributed by atoms with Crippen LogP contribution in [0.1, 0.15) is 38.2 Å². The Hall–Kier alpha value is -0.990. The molecule has 2 heterocycles. The van der Waals surface area contributed by atoms with Crippen molar-refractivity contribution in [2.75, 3.05) is 18.0 Å². The van der Waals surface area contributed by atoms with E-state index in [4.69, 9.17) is 11.6 Å². The van der Waals surface area contributed by atoms with Crippen LogP contribution in [-0.4, -0.2) is 19.1 Å². The molecule has 112 valence electrons. The van der Waals surface area contributed by atoms with Gasteiger partial charge in [-0.2, -0.15) is 0 Å². The Morgan fingerprint density at radius 2 is 2.00 bits per heavy atom. The predicted molar refractivity (Wildman–Crippen MR) is 89.0 cm³/mol. The number of nitrogens with one attached hydrogen (secondary N) is 1. The van der Waals surface area contributed by atoms with Crippen LogP contribution < -0.4 is 10.2 Å². The number of allylic oxidation sites excluding steroid dienone is 1. The molecule has 21 heavy (non-hydrogen) atoms. The summed E-state index contributed by atoms with van der Waals surface area (Å²) in [6.45, 7) is 9.02. The van der Waals surface area contributed by atoms with Gasteiger partial charge < -0.3 is 10.2 Å². The van der Waals surface area contributed by atoms with Gasteiger partial charge in [0.15, 0.2) is 0 Å². The minimum atomic E-state index is 0.115. The minimum Gasteiger partial charge on any atom is -0.341 e. The first-order valence-electron chi connectivity index (χ1n) is 8.11. The van der Waals surface area contributed by atoms with E-state index in [0.717, 1.165) is 36.9 Å². The fourth-order valence-corrected chi connectivity index (χ4v) is 4.70. The van der Waals surface area contributed by atoms with E-state index in [0.29, 0.717) is 6.04 Å². The molecule has 1 aromatic rings. The average molecular weight is 303 g/mol. The third kappa shape index (κ3) is 1.89. The molecular formula is C18H23ClN2. The fourth-order valence-electron chi connectivity index (χ4n) is 4.53. The number of halogens is 1. The van der Waals surface area contributed by atoms with Gasteiger partial charge in [-0.15, -0.1) is 0 Å². The zero-order valence-electron chi connectivity index (χ0n) is 12.7. The Labute approximate surface area is 132 Å². The maximum Gasteiger partial charge on any atom is 0.0454 e. The van der Waals surface area contributed by atoms with Crippen LogP contribution in [0.3, 0.4) is 0 Å². The molecule has 1 aliphatic carbocycles. The minimum absolute atomic E-state index is 0.115. The van der Waals surface area contributed by atoms with E-state index in [2.05, 4.69) is 35.9 Å². The van der Waals surface area contributed by atoms with Gasteiger partial charge in [0.2, 0.25) is 0 Å². The fraction of sp³-hybridized carbons (Fsp3) is 0.556. The predicted octanol–water partition coefficient (Wildman–Crippen LogP) is 4.09. The van der Waals surface area contributed by atoms with Crippen molar-refractivity contribution in [1.29, 1.82) is 0 Å². The molecule has 1 aromatic carbocycles. The monoisotopic (exact) mass is 302 g/mol. The number of benzene rings is 1. The topological polar surface area (TPSA) is 15.3 Å². The molecule has 0 radical (unpaired) electrons. The van der Waals surface area contributed by atoms with E-state index in [1.54, 1.807) is 0 Å². The number of nitrogens with zero attached hydrogens (tertiary/aromatic N) is 1. The summed E-state index contributed by atoms with van der Waals surface area (Å²) in [5.74, 6) is 0.850. The standard InChI is InChI=1S/C18H23ClN2/c1-12-9-15(10-12)21-13(2)18(5-7-20-8-6-18)16-11-14(19)3-4-17(16)21/h3-4,11-12,15,20H,2,5-10H2,1H3. The first-order valence-corrected chi connectivity index (χ1v) is 8.49. The summed E-state index contributed by atoms with van der Waals surface area (Å²) < 4.78 is 0. The van der Waals surface area contributed by atoms with Gasteiger partial charge in [-0.1, -0.05) is 25.1 Å². The van der Waals surface area contributed by atoms with E-state index in [-0.39, 0.29) is 5.41 Å². The summed E-state index contributed by atoms with van der Waals surface area (Å²) in [6.07, 6.45) is 4.85. The van der Waals surface area contributed by atoms with Crippen LogP contribution in [0, 0.1) is 5.92 Å². The highest BCUT2D eigenvalue weighted by Gasteiger charge is 2.49. The first-order chi connectivity index (χ1) is 10.1. The normalized spacial score (nSPS) is 30.4. The van der Waals surface area contributed by atoms with Gasteiger partial charge >= 0.3 is 0 Å². The highest BCUT2D eigenvalue weighted by Crippen LogP contribution is 2.55. The average Bonchev–Trinajstić information content (AvgIpc) is 2.67. The molecule has 1 saturated heterocycles. The molecule has 1 N–H and O–H groups in total. The summed E-state index contributed by atoms with van der Waals surface area (Å²) in [5.41, 5.74) is 4.21. The molecule has 2 nitrogen and oxygen atoms in total. The Morgan fingerprint density at radius 3 is 2.67 bits per heavy atom. The summed E-state index contributed by atoms with van der Waals surface area (Å²) in [5, 5.41) is 4.34. The van der Waals surface area contributed by atoms with Crippen LogP contribution in [0.25, 0.3) is 0 Å². The second-order valence-electron chi connectivity index (χ2n) is 7.04. The lowest BCUT2D eigenvalue weighted by Gasteiger charge is -2.44. The van der Waals surface area contributed by atoms with Gasteiger partial charge in [0.25, 0.3) is 0 Å². The SMILES string of the molecule is C=C1N(C2CC(C)C2)c2ccc(Cl)cc2C12CCNCC2. The highest BCUT2D eigenvalue weighted by molar-refractivity contribution is 6.30. The number of rotatable bonds is 1. The second kappa shape index (κ2) is 4.76. The van der Waals surface area contributed by atoms with Crippen molar-refractivity contribution in [3.05, 3.63) is 41.1 Å². The van der Waals surface area contributed by atoms with E-state index in [1.165, 1.54) is 29.8 Å². The number of hydrogen-bond donors (Lipinski definition) is 1. The highest BCUT2D eigenvalue weighted by atomic mass is 35.5. The van der Waals surface area contributed by atoms with Gasteiger partial charge in [-0.3, -0.25) is 0 Å². The lowest BCUT2D eigenvalue weighted by molar-refractivity contribution is 0.274. The summed E-state index contributed by atoms with van der Waals surface area (Å²) in [7, 11) is 0. The number of hydrogen-bond acceptors (Lipinski definition) is 2. The van der Waals surface area contributed by atoms with Crippen LogP contribution in [0.2, 0.25) is 5.02 Å². The van der Waals surface area contributed by atoms with Crippen molar-refractivity contribution in [2.45, 2.75) is 44.1 Å². The summed E-state index contributed by atoms with van der Waals surface area (Å²) in [6, 6.07) is 7.07. The maximum atomic E-state index is 6.31. The second-order valence-corrected chi connectivity index (χ2v) is 7.48. The Morgan fingerprint density at radius 1 is 1.29 bits per heavy atom. The van der Waals surface area contributed by atoms with Crippen LogP contribution in [-0.2, 0) is 5.41 Å². The van der Waals surface area contributed by atoms with Gasteiger partial charge in [-0.05, 0) is 68.5 Å². The van der Waals surface area contributed by atoms with E-state index >= 15 is 0 Å². The Balaban J connectivity index is 1.80. The molecule has 2 fully saturated rings. The molecule has 0 unspecified atom stereocenters. The molecule has 0 atom stereocenters. The smallest absolute Gasteiger partial charge is 0.0454 e. The van der Waals surface area contributed by atoms with E-state index < -0.39 is 0 Å². The van der Waals surface area contributed by atoms with Crippen molar-refractivity contribution in [2.24, 2.45) is 5.92 Å². The molecule has 4 rings (SSSR count). The molecule has 0 bridgehead atoms. The molecule has 2 aliphatic heterocycles. The third-order valence-corrected chi connectivity index (χ3v) is 5.98. The lowest BCUT2D eigenvalue weighted by Crippen LogP contribution is -2.46. The molecular weight excluding hydrogens is 280 g/mol. The third-order valence-electron chi connectivity index (χ3n) is 5.75. The Bertz CT molecular complexity index is 583. The molecule has 1 saturated carbocycles. The molecule has 0 aromatic heterocycles. The van der Waals surface area contributed by atoms with Gasteiger partial charge in [0.1, 0.15) is 0 Å². The summed E-state index contributed by atoms with van der Waals surface area (Å²) in [4.78, 5) is 2.54. The molecule has 3 aliphatic rings. The van der Waals surface area contributed by atoms with Crippen LogP contribution in [0.15, 0.2) is 30.5 Å². The van der Waals surface area contributed by atoms with Crippen LogP contribution >= 0.6 is 11.6 Å². The molecule has 0 amide bonds. The van der Waals surface area contributed by atoms with Gasteiger partial charge in [0.05, 0.1) is 0 Å². The zero-order chi connectivity index (χ0) is 14.6.